The van der Waals surface area contributed by atoms with Gasteiger partial charge in [0.2, 0.25) is 5.88 Å². The van der Waals surface area contributed by atoms with Crippen molar-refractivity contribution < 1.29 is 14.3 Å². The number of nitriles is 1. The lowest BCUT2D eigenvalue weighted by Gasteiger charge is -2.26. The number of ether oxygens (including phenoxy) is 2. The zero-order valence-electron chi connectivity index (χ0n) is 17.5. The van der Waals surface area contributed by atoms with E-state index < -0.39 is 11.5 Å². The van der Waals surface area contributed by atoms with Crippen molar-refractivity contribution >= 4 is 40.8 Å². The molecule has 0 atom stereocenters. The van der Waals surface area contributed by atoms with Gasteiger partial charge in [-0.25, -0.2) is 0 Å². The van der Waals surface area contributed by atoms with Crippen LogP contribution >= 0.6 is 23.2 Å². The molecule has 0 radical (unpaired) electrons. The monoisotopic (exact) mass is 484 g/mol. The molecule has 4 rings (SSSR count). The summed E-state index contributed by atoms with van der Waals surface area (Å²) in [5, 5.41) is 10.3. The molecular weight excluding hydrogens is 467 g/mol. The van der Waals surface area contributed by atoms with Gasteiger partial charge >= 0.3 is 0 Å². The van der Waals surface area contributed by atoms with E-state index in [1.807, 2.05) is 6.07 Å². The number of carbonyl (C=O) groups excluding carboxylic acids is 1. The molecule has 8 nitrogen and oxygen atoms in total. The van der Waals surface area contributed by atoms with Gasteiger partial charge in [-0.05, 0) is 42.8 Å². The lowest BCUT2D eigenvalue weighted by Crippen LogP contribution is -2.41. The van der Waals surface area contributed by atoms with E-state index in [1.54, 1.807) is 37.4 Å². The van der Waals surface area contributed by atoms with E-state index in [0.717, 1.165) is 5.56 Å². The third-order valence-corrected chi connectivity index (χ3v) is 5.62. The predicted octanol–water partition coefficient (Wildman–Crippen LogP) is 3.87. The highest BCUT2D eigenvalue weighted by Crippen LogP contribution is 2.32. The standard InChI is InChI=1S/C23H18Cl2N4O4/c1-14-3-2-6-29-20(14)27-21(33-19-5-4-16(24)12-18(19)25)17(23(29)31)11-15(13-26)22(30)28-7-9-32-10-8-28/h2-6,11-12H,7-10H2,1H3. The second-order valence-electron chi connectivity index (χ2n) is 7.27. The summed E-state index contributed by atoms with van der Waals surface area (Å²) in [6, 6.07) is 10.0. The molecule has 1 aliphatic rings. The Morgan fingerprint density at radius 2 is 2.03 bits per heavy atom. The SMILES string of the molecule is Cc1cccn2c(=O)c(C=C(C#N)C(=O)N3CCOCC3)c(Oc3ccc(Cl)cc3Cl)nc12. The molecule has 0 N–H and O–H groups in total. The zero-order valence-corrected chi connectivity index (χ0v) is 19.1. The molecule has 10 heteroatoms. The molecule has 0 aliphatic carbocycles. The minimum absolute atomic E-state index is 0.0534. The van der Waals surface area contributed by atoms with E-state index in [1.165, 1.54) is 21.4 Å². The van der Waals surface area contributed by atoms with E-state index >= 15 is 0 Å². The first kappa shape index (κ1) is 22.8. The van der Waals surface area contributed by atoms with Crippen LogP contribution in [-0.2, 0) is 9.53 Å². The molecule has 0 unspecified atom stereocenters. The summed E-state index contributed by atoms with van der Waals surface area (Å²) >= 11 is 12.2. The Hall–Kier alpha value is -3.38. The van der Waals surface area contributed by atoms with Gasteiger partial charge in [-0.3, -0.25) is 14.0 Å². The number of rotatable bonds is 4. The van der Waals surface area contributed by atoms with Gasteiger partial charge in [0, 0.05) is 24.3 Å². The first-order chi connectivity index (χ1) is 15.9. The van der Waals surface area contributed by atoms with Crippen molar-refractivity contribution in [3.63, 3.8) is 0 Å². The minimum Gasteiger partial charge on any atom is -0.437 e. The van der Waals surface area contributed by atoms with Crippen LogP contribution in [0.2, 0.25) is 10.0 Å². The fourth-order valence-corrected chi connectivity index (χ4v) is 3.83. The summed E-state index contributed by atoms with van der Waals surface area (Å²) in [4.78, 5) is 32.3. The molecule has 33 heavy (non-hydrogen) atoms. The maximum atomic E-state index is 13.4. The molecule has 3 aromatic rings. The smallest absolute Gasteiger partial charge is 0.269 e. The summed E-state index contributed by atoms with van der Waals surface area (Å²) in [5.41, 5.74) is 0.351. The van der Waals surface area contributed by atoms with Crippen LogP contribution in [0.4, 0.5) is 0 Å². The quantitative estimate of drug-likeness (QED) is 0.411. The Bertz CT molecular complexity index is 1370. The summed E-state index contributed by atoms with van der Waals surface area (Å²) in [6.45, 7) is 3.28. The molecule has 168 valence electrons. The fourth-order valence-electron chi connectivity index (χ4n) is 3.38. The zero-order chi connectivity index (χ0) is 23.5. The highest BCUT2D eigenvalue weighted by molar-refractivity contribution is 6.35. The highest BCUT2D eigenvalue weighted by atomic mass is 35.5. The number of aromatic nitrogens is 2. The van der Waals surface area contributed by atoms with Gasteiger partial charge in [0.05, 0.1) is 18.2 Å². The number of amides is 1. The molecule has 1 aromatic carbocycles. The van der Waals surface area contributed by atoms with Crippen LogP contribution in [0.3, 0.4) is 0 Å². The van der Waals surface area contributed by atoms with E-state index in [4.69, 9.17) is 32.7 Å². The van der Waals surface area contributed by atoms with E-state index in [0.29, 0.717) is 37.0 Å². The topological polar surface area (TPSA) is 96.9 Å². The minimum atomic E-state index is -0.495. The molecule has 1 aliphatic heterocycles. The maximum Gasteiger partial charge on any atom is 0.269 e. The van der Waals surface area contributed by atoms with Crippen LogP contribution in [0.25, 0.3) is 11.7 Å². The van der Waals surface area contributed by atoms with Crippen molar-refractivity contribution in [1.29, 1.82) is 5.26 Å². The summed E-state index contributed by atoms with van der Waals surface area (Å²) in [6.07, 6.45) is 2.77. The Morgan fingerprint density at radius 3 is 2.73 bits per heavy atom. The van der Waals surface area contributed by atoms with Crippen molar-refractivity contribution in [3.8, 4) is 17.7 Å². The molecule has 1 amide bonds. The van der Waals surface area contributed by atoms with Crippen molar-refractivity contribution in [3.05, 3.63) is 73.6 Å². The van der Waals surface area contributed by atoms with Crippen LogP contribution in [-0.4, -0.2) is 46.5 Å². The molecule has 1 saturated heterocycles. The fraction of sp³-hybridized carbons (Fsp3) is 0.217. The van der Waals surface area contributed by atoms with E-state index in [2.05, 4.69) is 4.98 Å². The van der Waals surface area contributed by atoms with Crippen molar-refractivity contribution in [1.82, 2.24) is 14.3 Å². The molecule has 0 saturated carbocycles. The number of hydrogen-bond donors (Lipinski definition) is 0. The molecule has 0 spiro atoms. The van der Waals surface area contributed by atoms with Gasteiger partial charge in [-0.2, -0.15) is 10.2 Å². The Labute approximate surface area is 199 Å². The molecule has 1 fully saturated rings. The molecular formula is C23H18Cl2N4O4. The van der Waals surface area contributed by atoms with Crippen LogP contribution in [0.15, 0.2) is 46.9 Å². The second kappa shape index (κ2) is 9.63. The van der Waals surface area contributed by atoms with Crippen molar-refractivity contribution in [2.45, 2.75) is 6.92 Å². The van der Waals surface area contributed by atoms with Gasteiger partial charge in [-0.15, -0.1) is 0 Å². The number of carbonyl (C=O) groups is 1. The first-order valence-electron chi connectivity index (χ1n) is 10.0. The number of hydrogen-bond acceptors (Lipinski definition) is 6. The van der Waals surface area contributed by atoms with Gasteiger partial charge in [0.1, 0.15) is 28.6 Å². The number of morpholine rings is 1. The Kier molecular flexibility index (Phi) is 6.65. The van der Waals surface area contributed by atoms with E-state index in [-0.39, 0.29) is 27.8 Å². The number of pyridine rings is 1. The Balaban J connectivity index is 1.88. The van der Waals surface area contributed by atoms with Crippen LogP contribution in [0.5, 0.6) is 11.6 Å². The first-order valence-corrected chi connectivity index (χ1v) is 10.8. The third-order valence-electron chi connectivity index (χ3n) is 5.09. The highest BCUT2D eigenvalue weighted by Gasteiger charge is 2.23. The van der Waals surface area contributed by atoms with E-state index in [9.17, 15) is 14.9 Å². The van der Waals surface area contributed by atoms with Crippen LogP contribution in [0, 0.1) is 18.3 Å². The van der Waals surface area contributed by atoms with Crippen molar-refractivity contribution in [2.75, 3.05) is 26.3 Å². The average Bonchev–Trinajstić information content (AvgIpc) is 2.81. The van der Waals surface area contributed by atoms with Gasteiger partial charge in [-0.1, -0.05) is 29.3 Å². The molecule has 0 bridgehead atoms. The van der Waals surface area contributed by atoms with Crippen LogP contribution < -0.4 is 10.3 Å². The average molecular weight is 485 g/mol. The maximum absolute atomic E-state index is 13.4. The number of nitrogens with zero attached hydrogens (tertiary/aromatic N) is 4. The summed E-state index contributed by atoms with van der Waals surface area (Å²) in [7, 11) is 0. The van der Waals surface area contributed by atoms with Crippen LogP contribution in [0.1, 0.15) is 11.1 Å². The normalized spacial score (nSPS) is 14.2. The van der Waals surface area contributed by atoms with Crippen molar-refractivity contribution in [2.24, 2.45) is 0 Å². The second-order valence-corrected chi connectivity index (χ2v) is 8.12. The third kappa shape index (κ3) is 4.71. The number of benzene rings is 1. The largest absolute Gasteiger partial charge is 0.437 e. The lowest BCUT2D eigenvalue weighted by atomic mass is 10.1. The van der Waals surface area contributed by atoms with Gasteiger partial charge in [0.25, 0.3) is 11.5 Å². The lowest BCUT2D eigenvalue weighted by molar-refractivity contribution is -0.130. The molecule has 3 heterocycles. The van der Waals surface area contributed by atoms with Gasteiger partial charge in [0.15, 0.2) is 0 Å². The molecule has 2 aromatic heterocycles. The van der Waals surface area contributed by atoms with Gasteiger partial charge < -0.3 is 14.4 Å². The summed E-state index contributed by atoms with van der Waals surface area (Å²) < 4.78 is 12.5. The number of halogens is 2. The number of fused-ring (bicyclic) bond motifs is 1. The Morgan fingerprint density at radius 1 is 1.27 bits per heavy atom. The number of aryl methyl sites for hydroxylation is 1. The predicted molar refractivity (Wildman–Crippen MR) is 124 cm³/mol. The summed E-state index contributed by atoms with van der Waals surface area (Å²) in [5.74, 6) is -0.357.